The molecule has 1 atom stereocenters. The van der Waals surface area contributed by atoms with Crippen LogP contribution < -0.4 is 14.4 Å². The third-order valence-electron chi connectivity index (χ3n) is 5.43. The van der Waals surface area contributed by atoms with Gasteiger partial charge in [-0.1, -0.05) is 6.07 Å². The lowest BCUT2D eigenvalue weighted by Gasteiger charge is -2.38. The van der Waals surface area contributed by atoms with Gasteiger partial charge in [0, 0.05) is 31.9 Å². The van der Waals surface area contributed by atoms with Gasteiger partial charge in [-0.15, -0.1) is 0 Å². The van der Waals surface area contributed by atoms with Crippen LogP contribution in [0.15, 0.2) is 36.5 Å². The van der Waals surface area contributed by atoms with Crippen molar-refractivity contribution in [3.05, 3.63) is 47.7 Å². The fourth-order valence-electron chi connectivity index (χ4n) is 3.77. The van der Waals surface area contributed by atoms with Crippen molar-refractivity contribution >= 4 is 5.82 Å². The number of methoxy groups -OCH3 is 2. The Morgan fingerprint density at radius 1 is 1.25 bits per heavy atom. The van der Waals surface area contributed by atoms with Crippen molar-refractivity contribution in [2.24, 2.45) is 0 Å². The normalized spacial score (nSPS) is 16.7. The number of benzene rings is 1. The predicted octanol–water partition coefficient (Wildman–Crippen LogP) is 3.11. The Morgan fingerprint density at radius 3 is 2.82 bits per heavy atom. The van der Waals surface area contributed by atoms with Gasteiger partial charge in [-0.05, 0) is 56.1 Å². The number of nitriles is 1. The Bertz CT molecular complexity index is 834. The molecule has 1 aliphatic rings. The van der Waals surface area contributed by atoms with Gasteiger partial charge in [0.05, 0.1) is 19.8 Å². The zero-order valence-electron chi connectivity index (χ0n) is 16.9. The van der Waals surface area contributed by atoms with E-state index in [0.29, 0.717) is 11.6 Å². The highest BCUT2D eigenvalue weighted by Gasteiger charge is 2.25. The van der Waals surface area contributed by atoms with Gasteiger partial charge in [0.25, 0.3) is 0 Å². The van der Waals surface area contributed by atoms with Crippen LogP contribution in [-0.4, -0.2) is 56.8 Å². The van der Waals surface area contributed by atoms with Crippen molar-refractivity contribution in [3.63, 3.8) is 0 Å². The lowest BCUT2D eigenvalue weighted by molar-refractivity contribution is 0.217. The number of hydrogen-bond acceptors (Lipinski definition) is 6. The van der Waals surface area contributed by atoms with Crippen molar-refractivity contribution in [2.45, 2.75) is 25.3 Å². The monoisotopic (exact) mass is 380 g/mol. The summed E-state index contributed by atoms with van der Waals surface area (Å²) in [6, 6.07) is 12.5. The molecule has 2 aromatic rings. The van der Waals surface area contributed by atoms with Crippen molar-refractivity contribution in [3.8, 4) is 17.6 Å². The molecule has 2 heterocycles. The van der Waals surface area contributed by atoms with Gasteiger partial charge in [-0.25, -0.2) is 4.98 Å². The second-order valence-electron chi connectivity index (χ2n) is 7.15. The summed E-state index contributed by atoms with van der Waals surface area (Å²) in [6.07, 6.45) is 4.97. The highest BCUT2D eigenvalue weighted by Crippen LogP contribution is 2.28. The number of ether oxygens (including phenoxy) is 2. The topological polar surface area (TPSA) is 61.6 Å². The Morgan fingerprint density at radius 2 is 2.07 bits per heavy atom. The van der Waals surface area contributed by atoms with Crippen LogP contribution in [0.25, 0.3) is 0 Å². The number of aromatic nitrogens is 1. The first kappa shape index (κ1) is 20.0. The van der Waals surface area contributed by atoms with Gasteiger partial charge >= 0.3 is 0 Å². The van der Waals surface area contributed by atoms with Crippen molar-refractivity contribution in [1.82, 2.24) is 9.88 Å². The first-order valence-electron chi connectivity index (χ1n) is 9.67. The fourth-order valence-corrected chi connectivity index (χ4v) is 3.77. The summed E-state index contributed by atoms with van der Waals surface area (Å²) in [6.45, 7) is 2.81. The molecule has 1 aromatic carbocycles. The number of pyridine rings is 1. The quantitative estimate of drug-likeness (QED) is 0.736. The molecule has 6 heteroatoms. The molecule has 1 aromatic heterocycles. The molecule has 0 saturated carbocycles. The van der Waals surface area contributed by atoms with Crippen LogP contribution in [0.3, 0.4) is 0 Å². The Labute approximate surface area is 167 Å². The summed E-state index contributed by atoms with van der Waals surface area (Å²) in [7, 11) is 5.50. The molecule has 0 amide bonds. The van der Waals surface area contributed by atoms with Crippen LogP contribution in [0.4, 0.5) is 5.82 Å². The molecule has 3 rings (SSSR count). The fraction of sp³-hybridized carbons (Fsp3) is 0.455. The lowest BCUT2D eigenvalue weighted by Crippen LogP contribution is -2.47. The number of piperidine rings is 1. The average molecular weight is 380 g/mol. The van der Waals surface area contributed by atoms with Gasteiger partial charge in [-0.3, -0.25) is 0 Å². The third-order valence-corrected chi connectivity index (χ3v) is 5.43. The van der Waals surface area contributed by atoms with Crippen molar-refractivity contribution < 1.29 is 9.47 Å². The van der Waals surface area contributed by atoms with Crippen molar-refractivity contribution in [2.75, 3.05) is 45.8 Å². The number of anilines is 1. The maximum absolute atomic E-state index is 9.37. The van der Waals surface area contributed by atoms with Crippen LogP contribution >= 0.6 is 0 Å². The Kier molecular flexibility index (Phi) is 6.72. The number of hydrogen-bond donors (Lipinski definition) is 0. The number of likely N-dealkylation sites (N-methyl/N-ethyl adjacent to an activating group) is 1. The molecule has 0 spiro atoms. The highest BCUT2D eigenvalue weighted by atomic mass is 16.5. The summed E-state index contributed by atoms with van der Waals surface area (Å²) in [5.74, 6) is 2.33. The number of nitrogens with zero attached hydrogens (tertiary/aromatic N) is 4. The first-order chi connectivity index (χ1) is 13.7. The summed E-state index contributed by atoms with van der Waals surface area (Å²) >= 11 is 0. The van der Waals surface area contributed by atoms with E-state index in [4.69, 9.17) is 9.47 Å². The highest BCUT2D eigenvalue weighted by molar-refractivity contribution is 5.53. The van der Waals surface area contributed by atoms with Crippen LogP contribution in [0.5, 0.6) is 11.5 Å². The van der Waals surface area contributed by atoms with E-state index in [2.05, 4.69) is 34.0 Å². The maximum atomic E-state index is 9.37. The predicted molar refractivity (Wildman–Crippen MR) is 110 cm³/mol. The van der Waals surface area contributed by atoms with Gasteiger partial charge in [0.15, 0.2) is 11.5 Å². The minimum Gasteiger partial charge on any atom is -0.493 e. The zero-order chi connectivity index (χ0) is 19.9. The molecule has 0 radical (unpaired) electrons. The molecule has 0 N–H and O–H groups in total. The van der Waals surface area contributed by atoms with E-state index in [1.165, 1.54) is 5.56 Å². The smallest absolute Gasteiger partial charge is 0.160 e. The van der Waals surface area contributed by atoms with Crippen LogP contribution in [0, 0.1) is 11.3 Å². The molecule has 0 bridgehead atoms. The molecule has 28 heavy (non-hydrogen) atoms. The second kappa shape index (κ2) is 9.43. The van der Waals surface area contributed by atoms with Crippen molar-refractivity contribution in [1.29, 1.82) is 5.26 Å². The van der Waals surface area contributed by atoms with E-state index in [9.17, 15) is 5.26 Å². The lowest BCUT2D eigenvalue weighted by atomic mass is 10.0. The maximum Gasteiger partial charge on any atom is 0.160 e. The van der Waals surface area contributed by atoms with Crippen LogP contribution in [0.1, 0.15) is 24.0 Å². The Hall–Kier alpha value is -2.78. The van der Waals surface area contributed by atoms with Gasteiger partial charge in [0.1, 0.15) is 11.9 Å². The van der Waals surface area contributed by atoms with Gasteiger partial charge in [0.2, 0.25) is 0 Å². The molecule has 6 nitrogen and oxygen atoms in total. The molecular weight excluding hydrogens is 352 g/mol. The molecule has 148 valence electrons. The molecule has 1 saturated heterocycles. The Balaban J connectivity index is 1.61. The van der Waals surface area contributed by atoms with E-state index >= 15 is 0 Å². The second-order valence-corrected chi connectivity index (χ2v) is 7.15. The average Bonchev–Trinajstić information content (AvgIpc) is 2.77. The van der Waals surface area contributed by atoms with Gasteiger partial charge < -0.3 is 19.3 Å². The van der Waals surface area contributed by atoms with Crippen LogP contribution in [-0.2, 0) is 6.42 Å². The SMILES string of the molecule is COc1ccc(CCN(C)[C@H]2CCCN(c3ncccc3C#N)C2)cc1OC. The number of rotatable bonds is 7. The largest absolute Gasteiger partial charge is 0.493 e. The summed E-state index contributed by atoms with van der Waals surface area (Å²) in [5, 5.41) is 9.37. The first-order valence-corrected chi connectivity index (χ1v) is 9.67. The minimum absolute atomic E-state index is 0.447. The molecule has 0 aliphatic carbocycles. The molecular formula is C22H28N4O2. The van der Waals surface area contributed by atoms with E-state index in [1.807, 2.05) is 24.3 Å². The van der Waals surface area contributed by atoms with E-state index in [-0.39, 0.29) is 0 Å². The minimum atomic E-state index is 0.447. The van der Waals surface area contributed by atoms with E-state index in [0.717, 1.165) is 56.2 Å². The van der Waals surface area contributed by atoms with Gasteiger partial charge in [-0.2, -0.15) is 5.26 Å². The van der Waals surface area contributed by atoms with Crippen LogP contribution in [0.2, 0.25) is 0 Å². The summed E-state index contributed by atoms with van der Waals surface area (Å²) < 4.78 is 10.7. The molecule has 0 unspecified atom stereocenters. The third kappa shape index (κ3) is 4.55. The summed E-state index contributed by atoms with van der Waals surface area (Å²) in [5.41, 5.74) is 1.88. The standard InChI is InChI=1S/C22H28N4O2/c1-25(13-10-17-8-9-20(27-2)21(14-17)28-3)19-7-5-12-26(16-19)22-18(15-23)6-4-11-24-22/h4,6,8-9,11,14,19H,5,7,10,12-13,16H2,1-3H3/t19-/m0/s1. The molecule has 1 fully saturated rings. The summed E-state index contributed by atoms with van der Waals surface area (Å²) in [4.78, 5) is 9.12. The zero-order valence-corrected chi connectivity index (χ0v) is 16.9. The van der Waals surface area contributed by atoms with E-state index < -0.39 is 0 Å². The molecule has 1 aliphatic heterocycles. The van der Waals surface area contributed by atoms with E-state index in [1.54, 1.807) is 20.4 Å².